The monoisotopic (exact) mass is 194 g/mol. The van der Waals surface area contributed by atoms with Gasteiger partial charge in [0.1, 0.15) is 0 Å². The first-order chi connectivity index (χ1) is 6.27. The van der Waals surface area contributed by atoms with Gasteiger partial charge in [0.05, 0.1) is 0 Å². The van der Waals surface area contributed by atoms with E-state index >= 15 is 0 Å². The zero-order valence-electron chi connectivity index (χ0n) is 8.18. The van der Waals surface area contributed by atoms with E-state index in [4.69, 9.17) is 11.6 Å². The predicted molar refractivity (Wildman–Crippen MR) is 60.2 cm³/mol. The van der Waals surface area contributed by atoms with Crippen LogP contribution in [0.3, 0.4) is 0 Å². The van der Waals surface area contributed by atoms with E-state index in [1.165, 1.54) is 17.5 Å². The minimum atomic E-state index is 0.813. The van der Waals surface area contributed by atoms with Crippen molar-refractivity contribution in [3.8, 4) is 0 Å². The van der Waals surface area contributed by atoms with Gasteiger partial charge in [0, 0.05) is 5.02 Å². The minimum Gasteiger partial charge on any atom is -0.0871 e. The van der Waals surface area contributed by atoms with Gasteiger partial charge in [0.25, 0.3) is 0 Å². The van der Waals surface area contributed by atoms with Gasteiger partial charge in [0.2, 0.25) is 0 Å². The second kappa shape index (κ2) is 5.08. The van der Waals surface area contributed by atoms with E-state index < -0.39 is 0 Å². The highest BCUT2D eigenvalue weighted by Crippen LogP contribution is 2.18. The van der Waals surface area contributed by atoms with Crippen molar-refractivity contribution in [2.45, 2.75) is 26.7 Å². The fourth-order valence-electron chi connectivity index (χ4n) is 1.40. The van der Waals surface area contributed by atoms with Gasteiger partial charge in [-0.15, -0.1) is 0 Å². The lowest BCUT2D eigenvalue weighted by Gasteiger charge is -2.04. The van der Waals surface area contributed by atoms with Crippen LogP contribution in [0.2, 0.25) is 5.02 Å². The third kappa shape index (κ3) is 2.89. The van der Waals surface area contributed by atoms with Gasteiger partial charge in [-0.2, -0.15) is 0 Å². The van der Waals surface area contributed by atoms with Crippen molar-refractivity contribution in [2.75, 3.05) is 0 Å². The van der Waals surface area contributed by atoms with Gasteiger partial charge >= 0.3 is 0 Å². The van der Waals surface area contributed by atoms with Gasteiger partial charge in [-0.3, -0.25) is 0 Å². The molecular formula is C12H15Cl. The molecule has 0 fully saturated rings. The van der Waals surface area contributed by atoms with Crippen LogP contribution in [0, 0.1) is 0 Å². The molecule has 0 saturated heterocycles. The quantitative estimate of drug-likeness (QED) is 0.672. The molecule has 0 radical (unpaired) electrons. The lowest BCUT2D eigenvalue weighted by Crippen LogP contribution is -1.87. The molecule has 0 aliphatic carbocycles. The molecule has 1 aromatic carbocycles. The summed E-state index contributed by atoms with van der Waals surface area (Å²) in [7, 11) is 0. The van der Waals surface area contributed by atoms with E-state index in [0.29, 0.717) is 0 Å². The van der Waals surface area contributed by atoms with E-state index in [0.717, 1.165) is 11.4 Å². The molecule has 0 atom stereocenters. The topological polar surface area (TPSA) is 0 Å². The van der Waals surface area contributed by atoms with E-state index in [2.05, 4.69) is 19.1 Å². The first-order valence-corrected chi connectivity index (χ1v) is 5.06. The Morgan fingerprint density at radius 3 is 2.77 bits per heavy atom. The van der Waals surface area contributed by atoms with Crippen molar-refractivity contribution in [3.05, 3.63) is 40.4 Å². The van der Waals surface area contributed by atoms with Crippen LogP contribution in [0.25, 0.3) is 6.08 Å². The Bertz CT molecular complexity index is 300. The molecule has 1 heteroatoms. The van der Waals surface area contributed by atoms with Crippen molar-refractivity contribution < 1.29 is 0 Å². The molecule has 0 nitrogen and oxygen atoms in total. The Labute approximate surface area is 85.2 Å². The van der Waals surface area contributed by atoms with Crippen LogP contribution in [0.1, 0.15) is 31.4 Å². The molecule has 1 aromatic rings. The second-order valence-electron chi connectivity index (χ2n) is 3.09. The van der Waals surface area contributed by atoms with Crippen molar-refractivity contribution >= 4 is 17.7 Å². The van der Waals surface area contributed by atoms with Gasteiger partial charge in [-0.1, -0.05) is 43.2 Å². The fraction of sp³-hybridized carbons (Fsp3) is 0.333. The Kier molecular flexibility index (Phi) is 4.04. The summed E-state index contributed by atoms with van der Waals surface area (Å²) in [5.74, 6) is 0. The van der Waals surface area contributed by atoms with Crippen LogP contribution in [-0.4, -0.2) is 0 Å². The molecule has 1 rings (SSSR count). The summed E-state index contributed by atoms with van der Waals surface area (Å²) >= 11 is 5.92. The SMILES string of the molecule is C/C=C\c1cc(Cl)ccc1CCC. The number of halogens is 1. The van der Waals surface area contributed by atoms with Crippen LogP contribution >= 0.6 is 11.6 Å². The second-order valence-corrected chi connectivity index (χ2v) is 3.53. The normalized spacial score (nSPS) is 11.0. The van der Waals surface area contributed by atoms with Crippen LogP contribution < -0.4 is 0 Å². The maximum Gasteiger partial charge on any atom is 0.0412 e. The average Bonchev–Trinajstić information content (AvgIpc) is 2.10. The van der Waals surface area contributed by atoms with Crippen molar-refractivity contribution in [3.63, 3.8) is 0 Å². The average molecular weight is 195 g/mol. The molecule has 0 aromatic heterocycles. The predicted octanol–water partition coefficient (Wildman–Crippen LogP) is 4.33. The van der Waals surface area contributed by atoms with E-state index in [-0.39, 0.29) is 0 Å². The molecule has 0 aliphatic rings. The summed E-state index contributed by atoms with van der Waals surface area (Å²) in [5, 5.41) is 0.813. The third-order valence-corrected chi connectivity index (χ3v) is 2.21. The molecule has 0 saturated carbocycles. The van der Waals surface area contributed by atoms with E-state index in [9.17, 15) is 0 Å². The molecule has 0 aliphatic heterocycles. The number of allylic oxidation sites excluding steroid dienone is 1. The molecule has 0 N–H and O–H groups in total. The standard InChI is InChI=1S/C12H15Cl/c1-3-5-10-7-8-12(13)9-11(10)6-4-2/h4,6-9H,3,5H2,1-2H3/b6-4-. The Balaban J connectivity index is 3.03. The van der Waals surface area contributed by atoms with Crippen LogP contribution in [-0.2, 0) is 6.42 Å². The summed E-state index contributed by atoms with van der Waals surface area (Å²) in [6.45, 7) is 4.21. The zero-order chi connectivity index (χ0) is 9.68. The number of rotatable bonds is 3. The Hall–Kier alpha value is -0.750. The van der Waals surface area contributed by atoms with Crippen LogP contribution in [0.5, 0.6) is 0 Å². The summed E-state index contributed by atoms with van der Waals surface area (Å²) in [5.41, 5.74) is 2.63. The summed E-state index contributed by atoms with van der Waals surface area (Å²) < 4.78 is 0. The highest BCUT2D eigenvalue weighted by Gasteiger charge is 1.98. The molecule has 0 bridgehead atoms. The number of aryl methyl sites for hydroxylation is 1. The lowest BCUT2D eigenvalue weighted by molar-refractivity contribution is 0.919. The smallest absolute Gasteiger partial charge is 0.0412 e. The minimum absolute atomic E-state index is 0.813. The van der Waals surface area contributed by atoms with Gasteiger partial charge in [0.15, 0.2) is 0 Å². The van der Waals surface area contributed by atoms with Gasteiger partial charge in [-0.25, -0.2) is 0 Å². The molecule has 13 heavy (non-hydrogen) atoms. The van der Waals surface area contributed by atoms with Crippen molar-refractivity contribution in [1.82, 2.24) is 0 Å². The largest absolute Gasteiger partial charge is 0.0871 e. The maximum absolute atomic E-state index is 5.92. The molecule has 0 spiro atoms. The van der Waals surface area contributed by atoms with Crippen molar-refractivity contribution in [2.24, 2.45) is 0 Å². The van der Waals surface area contributed by atoms with Crippen molar-refractivity contribution in [1.29, 1.82) is 0 Å². The highest BCUT2D eigenvalue weighted by atomic mass is 35.5. The maximum atomic E-state index is 5.92. The number of hydrogen-bond donors (Lipinski definition) is 0. The molecule has 0 amide bonds. The van der Waals surface area contributed by atoms with E-state index in [1.807, 2.05) is 25.1 Å². The number of benzene rings is 1. The summed E-state index contributed by atoms with van der Waals surface area (Å²) in [6.07, 6.45) is 6.45. The van der Waals surface area contributed by atoms with Crippen LogP contribution in [0.4, 0.5) is 0 Å². The molecule has 0 unspecified atom stereocenters. The third-order valence-electron chi connectivity index (χ3n) is 1.97. The molecule has 0 heterocycles. The first kappa shape index (κ1) is 10.3. The fourth-order valence-corrected chi connectivity index (χ4v) is 1.58. The summed E-state index contributed by atoms with van der Waals surface area (Å²) in [6, 6.07) is 6.09. The zero-order valence-corrected chi connectivity index (χ0v) is 8.93. The molecular weight excluding hydrogens is 180 g/mol. The Morgan fingerprint density at radius 1 is 1.38 bits per heavy atom. The highest BCUT2D eigenvalue weighted by molar-refractivity contribution is 6.30. The van der Waals surface area contributed by atoms with Gasteiger partial charge in [-0.05, 0) is 36.6 Å². The van der Waals surface area contributed by atoms with E-state index in [1.54, 1.807) is 0 Å². The molecule has 70 valence electrons. The first-order valence-electron chi connectivity index (χ1n) is 4.69. The Morgan fingerprint density at radius 2 is 2.15 bits per heavy atom. The summed E-state index contributed by atoms with van der Waals surface area (Å²) in [4.78, 5) is 0. The lowest BCUT2D eigenvalue weighted by atomic mass is 10.0. The van der Waals surface area contributed by atoms with Gasteiger partial charge < -0.3 is 0 Å². The number of hydrogen-bond acceptors (Lipinski definition) is 0. The van der Waals surface area contributed by atoms with Crippen LogP contribution in [0.15, 0.2) is 24.3 Å².